The second-order valence-corrected chi connectivity index (χ2v) is 3.10. The van der Waals surface area contributed by atoms with Gasteiger partial charge >= 0.3 is 0 Å². The highest BCUT2D eigenvalue weighted by Gasteiger charge is 1.97. The molecule has 1 aromatic heterocycles. The maximum Gasteiger partial charge on any atom is 0.0886 e. The van der Waals surface area contributed by atoms with E-state index in [9.17, 15) is 0 Å². The van der Waals surface area contributed by atoms with Gasteiger partial charge in [0.25, 0.3) is 0 Å². The Kier molecular flexibility index (Phi) is 5.56. The first-order chi connectivity index (χ1) is 7.88. The van der Waals surface area contributed by atoms with E-state index in [-0.39, 0.29) is 0 Å². The molecule has 0 radical (unpaired) electrons. The summed E-state index contributed by atoms with van der Waals surface area (Å²) >= 11 is 0. The number of allylic oxidation sites excluding steroid dienone is 5. The van der Waals surface area contributed by atoms with E-state index in [4.69, 9.17) is 0 Å². The number of hydrogen-bond acceptors (Lipinski definition) is 2. The van der Waals surface area contributed by atoms with Crippen LogP contribution in [0.2, 0.25) is 0 Å². The van der Waals surface area contributed by atoms with Gasteiger partial charge in [0.1, 0.15) is 0 Å². The van der Waals surface area contributed by atoms with Crippen molar-refractivity contribution in [2.75, 3.05) is 0 Å². The molecule has 1 heterocycles. The van der Waals surface area contributed by atoms with E-state index in [1.807, 2.05) is 62.4 Å². The molecule has 0 atom stereocenters. The first-order valence-electron chi connectivity index (χ1n) is 5.28. The van der Waals surface area contributed by atoms with Gasteiger partial charge in [-0.05, 0) is 38.1 Å². The molecule has 0 unspecified atom stereocenters. The molecule has 16 heavy (non-hydrogen) atoms. The predicted molar refractivity (Wildman–Crippen MR) is 70.3 cm³/mol. The van der Waals surface area contributed by atoms with Gasteiger partial charge in [-0.3, -0.25) is 9.98 Å². The van der Waals surface area contributed by atoms with E-state index in [1.54, 1.807) is 12.4 Å². The number of rotatable bonds is 4. The van der Waals surface area contributed by atoms with Crippen molar-refractivity contribution < 1.29 is 0 Å². The summed E-state index contributed by atoms with van der Waals surface area (Å²) in [7, 11) is 0. The zero-order valence-electron chi connectivity index (χ0n) is 9.67. The Hall–Kier alpha value is -1.96. The lowest BCUT2D eigenvalue weighted by molar-refractivity contribution is 1.26. The highest BCUT2D eigenvalue weighted by molar-refractivity contribution is 5.79. The minimum absolute atomic E-state index is 0.858. The van der Waals surface area contributed by atoms with Gasteiger partial charge in [0.15, 0.2) is 0 Å². The summed E-state index contributed by atoms with van der Waals surface area (Å²) in [6.45, 7) is 3.93. The number of nitrogens with zero attached hydrogens (tertiary/aromatic N) is 2. The Bertz CT molecular complexity index is 412. The molecule has 0 aliphatic heterocycles. The Labute approximate surface area is 96.8 Å². The van der Waals surface area contributed by atoms with E-state index in [2.05, 4.69) is 9.98 Å². The summed E-state index contributed by atoms with van der Waals surface area (Å²) in [6, 6.07) is 5.80. The van der Waals surface area contributed by atoms with Crippen LogP contribution in [-0.2, 0) is 0 Å². The summed E-state index contributed by atoms with van der Waals surface area (Å²) in [5.74, 6) is 0. The average Bonchev–Trinajstić information content (AvgIpc) is 2.35. The fraction of sp³-hybridized carbons (Fsp3) is 0.143. The van der Waals surface area contributed by atoms with Gasteiger partial charge in [-0.25, -0.2) is 0 Å². The van der Waals surface area contributed by atoms with Gasteiger partial charge in [-0.2, -0.15) is 0 Å². The number of aliphatic imine (C=N–C) groups is 1. The third kappa shape index (κ3) is 4.05. The van der Waals surface area contributed by atoms with Crippen LogP contribution in [0.25, 0.3) is 5.70 Å². The molecule has 1 aromatic rings. The smallest absolute Gasteiger partial charge is 0.0886 e. The molecular formula is C14H16N2. The first kappa shape index (κ1) is 12.1. The molecule has 0 spiro atoms. The van der Waals surface area contributed by atoms with Crippen molar-refractivity contribution in [3.63, 3.8) is 0 Å². The van der Waals surface area contributed by atoms with Gasteiger partial charge in [0, 0.05) is 12.4 Å². The van der Waals surface area contributed by atoms with Crippen LogP contribution < -0.4 is 0 Å². The van der Waals surface area contributed by atoms with Crippen molar-refractivity contribution in [3.05, 3.63) is 60.5 Å². The van der Waals surface area contributed by atoms with Crippen LogP contribution in [0.1, 0.15) is 19.5 Å². The highest BCUT2D eigenvalue weighted by atomic mass is 14.8. The minimum atomic E-state index is 0.858. The van der Waals surface area contributed by atoms with Crippen molar-refractivity contribution in [3.8, 4) is 0 Å². The lowest BCUT2D eigenvalue weighted by Gasteiger charge is -1.98. The monoisotopic (exact) mass is 212 g/mol. The summed E-state index contributed by atoms with van der Waals surface area (Å²) in [4.78, 5) is 8.63. The molecule has 2 heteroatoms. The standard InChI is InChI=1S/C14H16N2/c1-3-5-9-13(15-11-6-4-2)14-10-7-8-12-16-14/h3-12H,1-2H3/b5-3-,6-4-,13-9+,15-11-. The molecule has 0 aliphatic rings. The molecule has 0 N–H and O–H groups in total. The van der Waals surface area contributed by atoms with Gasteiger partial charge in [0.05, 0.1) is 11.4 Å². The van der Waals surface area contributed by atoms with Crippen molar-refractivity contribution in [2.24, 2.45) is 4.99 Å². The molecule has 0 saturated heterocycles. The maximum atomic E-state index is 4.36. The first-order valence-corrected chi connectivity index (χ1v) is 5.28. The van der Waals surface area contributed by atoms with Crippen LogP contribution >= 0.6 is 0 Å². The van der Waals surface area contributed by atoms with E-state index in [1.165, 1.54) is 0 Å². The lowest BCUT2D eigenvalue weighted by atomic mass is 10.2. The fourth-order valence-corrected chi connectivity index (χ4v) is 1.11. The topological polar surface area (TPSA) is 25.2 Å². The Morgan fingerprint density at radius 1 is 1.19 bits per heavy atom. The van der Waals surface area contributed by atoms with Crippen LogP contribution in [-0.4, -0.2) is 11.2 Å². The van der Waals surface area contributed by atoms with Crippen molar-refractivity contribution in [1.82, 2.24) is 4.98 Å². The molecule has 0 saturated carbocycles. The van der Waals surface area contributed by atoms with Crippen molar-refractivity contribution >= 4 is 11.9 Å². The number of pyridine rings is 1. The predicted octanol–water partition coefficient (Wildman–Crippen LogP) is 3.65. The molecule has 0 amide bonds. The number of hydrogen-bond donors (Lipinski definition) is 0. The second kappa shape index (κ2) is 7.35. The Balaban J connectivity index is 2.97. The molecule has 0 fully saturated rings. The van der Waals surface area contributed by atoms with Crippen LogP contribution in [0.15, 0.2) is 59.8 Å². The SMILES string of the molecule is C\C=C/C=N\C(=C\C=C/C)c1ccccn1. The van der Waals surface area contributed by atoms with E-state index in [0.29, 0.717) is 0 Å². The van der Waals surface area contributed by atoms with Crippen LogP contribution in [0, 0.1) is 0 Å². The van der Waals surface area contributed by atoms with E-state index in [0.717, 1.165) is 11.4 Å². The molecule has 82 valence electrons. The molecule has 0 bridgehead atoms. The van der Waals surface area contributed by atoms with Gasteiger partial charge in [-0.15, -0.1) is 0 Å². The molecule has 1 rings (SSSR count). The zero-order valence-corrected chi connectivity index (χ0v) is 9.67. The lowest BCUT2D eigenvalue weighted by Crippen LogP contribution is -1.85. The van der Waals surface area contributed by atoms with Crippen molar-refractivity contribution in [2.45, 2.75) is 13.8 Å². The van der Waals surface area contributed by atoms with E-state index < -0.39 is 0 Å². The zero-order chi connectivity index (χ0) is 11.6. The van der Waals surface area contributed by atoms with Crippen LogP contribution in [0.5, 0.6) is 0 Å². The summed E-state index contributed by atoms with van der Waals surface area (Å²) < 4.78 is 0. The maximum absolute atomic E-state index is 4.36. The van der Waals surface area contributed by atoms with Crippen LogP contribution in [0.3, 0.4) is 0 Å². The summed E-state index contributed by atoms with van der Waals surface area (Å²) in [5.41, 5.74) is 1.73. The Morgan fingerprint density at radius 2 is 2.00 bits per heavy atom. The van der Waals surface area contributed by atoms with Crippen molar-refractivity contribution in [1.29, 1.82) is 0 Å². The fourth-order valence-electron chi connectivity index (χ4n) is 1.11. The average molecular weight is 212 g/mol. The molecular weight excluding hydrogens is 196 g/mol. The highest BCUT2D eigenvalue weighted by Crippen LogP contribution is 2.12. The largest absolute Gasteiger partial charge is 0.255 e. The third-order valence-electron chi connectivity index (χ3n) is 1.87. The summed E-state index contributed by atoms with van der Waals surface area (Å²) in [6.07, 6.45) is 13.2. The molecule has 0 aliphatic carbocycles. The minimum Gasteiger partial charge on any atom is -0.255 e. The molecule has 2 nitrogen and oxygen atoms in total. The normalized spacial score (nSPS) is 13.2. The Morgan fingerprint density at radius 3 is 2.62 bits per heavy atom. The second-order valence-electron chi connectivity index (χ2n) is 3.10. The van der Waals surface area contributed by atoms with Gasteiger partial charge in [0.2, 0.25) is 0 Å². The van der Waals surface area contributed by atoms with Crippen LogP contribution in [0.4, 0.5) is 0 Å². The van der Waals surface area contributed by atoms with Gasteiger partial charge in [-0.1, -0.05) is 24.3 Å². The van der Waals surface area contributed by atoms with Gasteiger partial charge < -0.3 is 0 Å². The number of aromatic nitrogens is 1. The van der Waals surface area contributed by atoms with E-state index >= 15 is 0 Å². The quantitative estimate of drug-likeness (QED) is 0.552. The summed E-state index contributed by atoms with van der Waals surface area (Å²) in [5, 5.41) is 0. The third-order valence-corrected chi connectivity index (χ3v) is 1.87. The molecule has 0 aromatic carbocycles.